The molecule has 0 saturated carbocycles. The number of nitrogen functional groups attached to an aromatic ring is 1. The Hall–Kier alpha value is -1.51. The molecule has 0 aromatic carbocycles. The number of hydrazine groups is 1. The van der Waals surface area contributed by atoms with Crippen LogP contribution in [0.15, 0.2) is 5.38 Å². The molecule has 3 N–H and O–H groups in total. The number of hydrogen-bond acceptors (Lipinski definition) is 6. The van der Waals surface area contributed by atoms with E-state index in [2.05, 4.69) is 10.4 Å². The lowest BCUT2D eigenvalue weighted by molar-refractivity contribution is -0.130. The normalized spacial score (nSPS) is 17.4. The number of thiazole rings is 1. The molecule has 2 rings (SSSR count). The molecule has 0 aliphatic carbocycles. The minimum absolute atomic E-state index is 0.118. The molecule has 104 valence electrons. The van der Waals surface area contributed by atoms with Crippen LogP contribution in [0.1, 0.15) is 21.9 Å². The van der Waals surface area contributed by atoms with Crippen LogP contribution < -0.4 is 11.3 Å². The Bertz CT molecular complexity index is 475. The van der Waals surface area contributed by atoms with Crippen LogP contribution in [0, 0.1) is 0 Å². The smallest absolute Gasteiger partial charge is 0.294 e. The molecule has 0 radical (unpaired) electrons. The molecule has 7 nitrogen and oxygen atoms in total. The fraction of sp³-hybridized carbons (Fsp3) is 0.545. The van der Waals surface area contributed by atoms with E-state index in [0.717, 1.165) is 25.2 Å². The SMILES string of the molecule is CN1CCCN(Cc2csc(C(=O)NN)n2)CC1=O. The fourth-order valence-electron chi connectivity index (χ4n) is 1.96. The van der Waals surface area contributed by atoms with E-state index in [0.29, 0.717) is 18.1 Å². The lowest BCUT2D eigenvalue weighted by Crippen LogP contribution is -2.34. The summed E-state index contributed by atoms with van der Waals surface area (Å²) in [5.74, 6) is 4.79. The molecule has 1 aromatic rings. The number of carbonyl (C=O) groups is 2. The van der Waals surface area contributed by atoms with Crippen molar-refractivity contribution < 1.29 is 9.59 Å². The summed E-state index contributed by atoms with van der Waals surface area (Å²) < 4.78 is 0. The summed E-state index contributed by atoms with van der Waals surface area (Å²) in [4.78, 5) is 31.1. The van der Waals surface area contributed by atoms with E-state index < -0.39 is 0 Å². The fourth-order valence-corrected chi connectivity index (χ4v) is 2.67. The van der Waals surface area contributed by atoms with E-state index >= 15 is 0 Å². The van der Waals surface area contributed by atoms with E-state index in [1.54, 1.807) is 4.90 Å². The van der Waals surface area contributed by atoms with E-state index in [1.807, 2.05) is 17.3 Å². The van der Waals surface area contributed by atoms with Crippen LogP contribution in [0.2, 0.25) is 0 Å². The number of nitrogens with one attached hydrogen (secondary N) is 1. The summed E-state index contributed by atoms with van der Waals surface area (Å²) in [6, 6.07) is 0. The van der Waals surface area contributed by atoms with Gasteiger partial charge in [0.05, 0.1) is 12.2 Å². The second-order valence-corrected chi connectivity index (χ2v) is 5.36. The molecule has 1 saturated heterocycles. The second kappa shape index (κ2) is 6.09. The van der Waals surface area contributed by atoms with Gasteiger partial charge in [-0.2, -0.15) is 0 Å². The predicted octanol–water partition coefficient (Wildman–Crippen LogP) is -0.589. The van der Waals surface area contributed by atoms with Crippen molar-refractivity contribution in [3.8, 4) is 0 Å². The van der Waals surface area contributed by atoms with Crippen LogP contribution in [0.4, 0.5) is 0 Å². The van der Waals surface area contributed by atoms with Gasteiger partial charge < -0.3 is 4.90 Å². The highest BCUT2D eigenvalue weighted by molar-refractivity contribution is 7.11. The Morgan fingerprint density at radius 3 is 3.11 bits per heavy atom. The van der Waals surface area contributed by atoms with Crippen molar-refractivity contribution in [3.63, 3.8) is 0 Å². The van der Waals surface area contributed by atoms with Gasteiger partial charge in [-0.3, -0.25) is 19.9 Å². The maximum absolute atomic E-state index is 11.8. The first kappa shape index (κ1) is 13.9. The summed E-state index contributed by atoms with van der Waals surface area (Å²) in [7, 11) is 1.82. The van der Waals surface area contributed by atoms with Crippen molar-refractivity contribution in [2.75, 3.05) is 26.7 Å². The maximum atomic E-state index is 11.8. The molecular formula is C11H17N5O2S. The van der Waals surface area contributed by atoms with Gasteiger partial charge in [0.1, 0.15) is 0 Å². The van der Waals surface area contributed by atoms with Crippen molar-refractivity contribution in [2.45, 2.75) is 13.0 Å². The largest absolute Gasteiger partial charge is 0.345 e. The van der Waals surface area contributed by atoms with Crippen LogP contribution in [-0.4, -0.2) is 53.3 Å². The van der Waals surface area contributed by atoms with E-state index in [-0.39, 0.29) is 11.8 Å². The molecule has 0 unspecified atom stereocenters. The number of nitrogens with zero attached hydrogens (tertiary/aromatic N) is 3. The Labute approximate surface area is 115 Å². The van der Waals surface area contributed by atoms with Gasteiger partial charge in [0, 0.05) is 32.1 Å². The number of amides is 2. The third kappa shape index (κ3) is 3.49. The summed E-state index contributed by atoms with van der Waals surface area (Å²) >= 11 is 1.25. The first-order valence-corrected chi connectivity index (χ1v) is 6.90. The number of aromatic nitrogens is 1. The molecule has 1 fully saturated rings. The standard InChI is InChI=1S/C11H17N5O2S/c1-15-3-2-4-16(6-9(15)17)5-8-7-19-11(13-8)10(18)14-12/h7H,2-6,12H2,1H3,(H,14,18). The molecule has 0 atom stereocenters. The van der Waals surface area contributed by atoms with Gasteiger partial charge in [-0.25, -0.2) is 10.8 Å². The van der Waals surface area contributed by atoms with Crippen molar-refractivity contribution in [3.05, 3.63) is 16.1 Å². The third-order valence-electron chi connectivity index (χ3n) is 3.02. The molecule has 2 amide bonds. The van der Waals surface area contributed by atoms with Crippen LogP contribution in [0.25, 0.3) is 0 Å². The topological polar surface area (TPSA) is 91.6 Å². The van der Waals surface area contributed by atoms with Crippen LogP contribution in [0.3, 0.4) is 0 Å². The molecular weight excluding hydrogens is 266 g/mol. The number of likely N-dealkylation sites (N-methyl/N-ethyl adjacent to an activating group) is 1. The maximum Gasteiger partial charge on any atom is 0.294 e. The van der Waals surface area contributed by atoms with Gasteiger partial charge in [-0.1, -0.05) is 0 Å². The summed E-state index contributed by atoms with van der Waals surface area (Å²) in [6.07, 6.45) is 0.947. The Balaban J connectivity index is 1.98. The van der Waals surface area contributed by atoms with Crippen molar-refractivity contribution in [1.29, 1.82) is 0 Å². The van der Waals surface area contributed by atoms with Crippen LogP contribution >= 0.6 is 11.3 Å². The highest BCUT2D eigenvalue weighted by atomic mass is 32.1. The zero-order valence-corrected chi connectivity index (χ0v) is 11.6. The lowest BCUT2D eigenvalue weighted by Gasteiger charge is -2.17. The van der Waals surface area contributed by atoms with Gasteiger partial charge >= 0.3 is 0 Å². The first-order valence-electron chi connectivity index (χ1n) is 6.02. The second-order valence-electron chi connectivity index (χ2n) is 4.50. The predicted molar refractivity (Wildman–Crippen MR) is 71.3 cm³/mol. The molecule has 1 aliphatic rings. The Morgan fingerprint density at radius 2 is 2.37 bits per heavy atom. The average molecular weight is 283 g/mol. The number of rotatable bonds is 3. The van der Waals surface area contributed by atoms with Crippen LogP contribution in [0.5, 0.6) is 0 Å². The highest BCUT2D eigenvalue weighted by Crippen LogP contribution is 2.13. The quantitative estimate of drug-likeness (QED) is 0.439. The van der Waals surface area contributed by atoms with Gasteiger partial charge in [-0.15, -0.1) is 11.3 Å². The molecule has 1 aromatic heterocycles. The number of nitrogens with two attached hydrogens (primary N) is 1. The van der Waals surface area contributed by atoms with Crippen molar-refractivity contribution >= 4 is 23.2 Å². The van der Waals surface area contributed by atoms with E-state index in [4.69, 9.17) is 5.84 Å². The van der Waals surface area contributed by atoms with Crippen LogP contribution in [-0.2, 0) is 11.3 Å². The Morgan fingerprint density at radius 1 is 1.58 bits per heavy atom. The number of carbonyl (C=O) groups excluding carboxylic acids is 2. The summed E-state index contributed by atoms with van der Waals surface area (Å²) in [5, 5.41) is 2.17. The van der Waals surface area contributed by atoms with Crippen molar-refractivity contribution in [1.82, 2.24) is 20.2 Å². The lowest BCUT2D eigenvalue weighted by atomic mass is 10.3. The minimum atomic E-state index is -0.386. The summed E-state index contributed by atoms with van der Waals surface area (Å²) in [6.45, 7) is 2.61. The molecule has 0 spiro atoms. The molecule has 1 aliphatic heterocycles. The monoisotopic (exact) mass is 283 g/mol. The minimum Gasteiger partial charge on any atom is -0.345 e. The number of hydrogen-bond donors (Lipinski definition) is 2. The van der Waals surface area contributed by atoms with E-state index in [9.17, 15) is 9.59 Å². The van der Waals surface area contributed by atoms with Crippen molar-refractivity contribution in [2.24, 2.45) is 5.84 Å². The zero-order valence-electron chi connectivity index (χ0n) is 10.8. The first-order chi connectivity index (χ1) is 9.10. The molecule has 19 heavy (non-hydrogen) atoms. The third-order valence-corrected chi connectivity index (χ3v) is 3.91. The van der Waals surface area contributed by atoms with Gasteiger partial charge in [-0.05, 0) is 6.42 Å². The van der Waals surface area contributed by atoms with Gasteiger partial charge in [0.2, 0.25) is 5.91 Å². The molecule has 8 heteroatoms. The zero-order chi connectivity index (χ0) is 13.8. The van der Waals surface area contributed by atoms with Gasteiger partial charge in [0.25, 0.3) is 5.91 Å². The molecule has 0 bridgehead atoms. The van der Waals surface area contributed by atoms with Gasteiger partial charge in [0.15, 0.2) is 5.01 Å². The average Bonchev–Trinajstić information content (AvgIpc) is 2.79. The summed E-state index contributed by atoms with van der Waals surface area (Å²) in [5.41, 5.74) is 2.85. The Kier molecular flexibility index (Phi) is 4.46. The highest BCUT2D eigenvalue weighted by Gasteiger charge is 2.20. The molecule has 2 heterocycles. The van der Waals surface area contributed by atoms with E-state index in [1.165, 1.54) is 11.3 Å².